The minimum atomic E-state index is -0.602. The minimum absolute atomic E-state index is 0.0908. The Labute approximate surface area is 210 Å². The fraction of sp³-hybridized carbons (Fsp3) is 0.0357. The lowest BCUT2D eigenvalue weighted by molar-refractivity contribution is -0.130. The van der Waals surface area contributed by atoms with Crippen LogP contribution in [0.15, 0.2) is 89.6 Å². The number of benzene rings is 3. The number of nitrogens with zero attached hydrogens (tertiary/aromatic N) is 1. The number of esters is 2. The number of fused-ring (bicyclic) bond motifs is 1. The summed E-state index contributed by atoms with van der Waals surface area (Å²) in [6, 6.07) is 22.3. The summed E-state index contributed by atoms with van der Waals surface area (Å²) in [5.74, 6) is -0.681. The van der Waals surface area contributed by atoms with Crippen molar-refractivity contribution < 1.29 is 19.1 Å². The van der Waals surface area contributed by atoms with Gasteiger partial charge in [-0.2, -0.15) is 0 Å². The molecule has 4 aromatic rings. The summed E-state index contributed by atoms with van der Waals surface area (Å²) in [6.45, 7) is 2.00. The van der Waals surface area contributed by atoms with Crippen molar-refractivity contribution in [3.05, 3.63) is 111 Å². The maximum atomic E-state index is 12.6. The molecule has 2 heterocycles. The Kier molecular flexibility index (Phi) is 6.31. The van der Waals surface area contributed by atoms with E-state index in [1.54, 1.807) is 30.3 Å². The molecule has 5 rings (SSSR count). The van der Waals surface area contributed by atoms with Gasteiger partial charge in [0.1, 0.15) is 10.6 Å². The zero-order chi connectivity index (χ0) is 24.4. The zero-order valence-corrected chi connectivity index (χ0v) is 20.1. The maximum Gasteiger partial charge on any atom is 0.363 e. The topological polar surface area (TPSA) is 65.0 Å². The van der Waals surface area contributed by atoms with Gasteiger partial charge in [0.25, 0.3) is 0 Å². The second-order valence-corrected chi connectivity index (χ2v) is 9.21. The van der Waals surface area contributed by atoms with Gasteiger partial charge in [0.15, 0.2) is 5.70 Å². The van der Waals surface area contributed by atoms with E-state index in [0.717, 1.165) is 21.2 Å². The van der Waals surface area contributed by atoms with Crippen LogP contribution in [-0.2, 0) is 14.3 Å². The molecule has 0 aliphatic carbocycles. The van der Waals surface area contributed by atoms with E-state index in [9.17, 15) is 9.59 Å². The molecule has 0 fully saturated rings. The van der Waals surface area contributed by atoms with Crippen LogP contribution in [0.25, 0.3) is 22.2 Å². The van der Waals surface area contributed by atoms with Gasteiger partial charge in [-0.05, 0) is 42.3 Å². The lowest BCUT2D eigenvalue weighted by Crippen LogP contribution is -2.05. The number of carbonyl (C=O) groups excluding carboxylic acids is 2. The Bertz CT molecular complexity index is 1550. The largest absolute Gasteiger partial charge is 0.423 e. The number of hydrogen-bond donors (Lipinski definition) is 0. The molecule has 0 bridgehead atoms. The summed E-state index contributed by atoms with van der Waals surface area (Å²) in [5.41, 5.74) is 2.60. The normalized spacial score (nSPS) is 14.5. The minimum Gasteiger partial charge on any atom is -0.423 e. The number of cyclic esters (lactones) is 1. The number of halogens is 1. The second-order valence-electron chi connectivity index (χ2n) is 7.78. The fourth-order valence-corrected chi connectivity index (χ4v) is 5.06. The number of hydrogen-bond acceptors (Lipinski definition) is 6. The highest BCUT2D eigenvalue weighted by atomic mass is 35.5. The molecule has 0 spiro atoms. The van der Waals surface area contributed by atoms with Crippen molar-refractivity contribution in [2.45, 2.75) is 6.92 Å². The Balaban J connectivity index is 1.41. The lowest BCUT2D eigenvalue weighted by Gasteiger charge is -2.05. The number of rotatable bonds is 5. The first kappa shape index (κ1) is 22.8. The third kappa shape index (κ3) is 4.94. The number of carbonyl (C=O) groups is 2. The van der Waals surface area contributed by atoms with Crippen molar-refractivity contribution in [1.82, 2.24) is 0 Å². The van der Waals surface area contributed by atoms with Crippen LogP contribution in [0, 0.1) is 6.92 Å². The van der Waals surface area contributed by atoms with Crippen molar-refractivity contribution in [1.29, 1.82) is 0 Å². The molecule has 7 heteroatoms. The summed E-state index contributed by atoms with van der Waals surface area (Å²) < 4.78 is 11.9. The monoisotopic (exact) mass is 499 g/mol. The molecule has 0 N–H and O–H groups in total. The van der Waals surface area contributed by atoms with Crippen molar-refractivity contribution in [3.63, 3.8) is 0 Å². The molecule has 0 unspecified atom stereocenters. The van der Waals surface area contributed by atoms with Crippen LogP contribution in [0.1, 0.15) is 21.6 Å². The van der Waals surface area contributed by atoms with Crippen LogP contribution in [-0.4, -0.2) is 17.8 Å². The van der Waals surface area contributed by atoms with E-state index in [0.29, 0.717) is 21.2 Å². The molecule has 35 heavy (non-hydrogen) atoms. The Morgan fingerprint density at radius 1 is 1.06 bits per heavy atom. The van der Waals surface area contributed by atoms with Gasteiger partial charge >= 0.3 is 11.9 Å². The predicted octanol–water partition coefficient (Wildman–Crippen LogP) is 6.83. The molecule has 1 aromatic heterocycles. The first-order valence-electron chi connectivity index (χ1n) is 10.7. The summed E-state index contributed by atoms with van der Waals surface area (Å²) >= 11 is 7.97. The van der Waals surface area contributed by atoms with Crippen molar-refractivity contribution >= 4 is 63.0 Å². The Morgan fingerprint density at radius 3 is 2.66 bits per heavy atom. The zero-order valence-electron chi connectivity index (χ0n) is 18.5. The lowest BCUT2D eigenvalue weighted by atomic mass is 10.1. The third-order valence-corrected chi connectivity index (χ3v) is 6.88. The van der Waals surface area contributed by atoms with Crippen molar-refractivity contribution in [2.75, 3.05) is 0 Å². The molecule has 0 amide bonds. The van der Waals surface area contributed by atoms with Gasteiger partial charge < -0.3 is 9.47 Å². The van der Waals surface area contributed by atoms with Crippen molar-refractivity contribution in [3.8, 4) is 5.75 Å². The number of ether oxygens (including phenoxy) is 2. The quantitative estimate of drug-likeness (QED) is 0.171. The average Bonchev–Trinajstić information content (AvgIpc) is 3.38. The first-order chi connectivity index (χ1) is 17.0. The maximum absolute atomic E-state index is 12.6. The van der Waals surface area contributed by atoms with Gasteiger partial charge in [-0.3, -0.25) is 0 Å². The van der Waals surface area contributed by atoms with Crippen molar-refractivity contribution in [2.24, 2.45) is 4.99 Å². The van der Waals surface area contributed by atoms with Crippen LogP contribution < -0.4 is 4.74 Å². The number of thiophene rings is 1. The molecule has 3 aromatic carbocycles. The van der Waals surface area contributed by atoms with Gasteiger partial charge in [0, 0.05) is 21.7 Å². The van der Waals surface area contributed by atoms with Crippen LogP contribution in [0.2, 0.25) is 5.02 Å². The molecule has 0 saturated carbocycles. The molecule has 0 atom stereocenters. The van der Waals surface area contributed by atoms with E-state index in [1.807, 2.05) is 55.5 Å². The van der Waals surface area contributed by atoms with E-state index < -0.39 is 11.9 Å². The van der Waals surface area contributed by atoms with Gasteiger partial charge in [-0.15, -0.1) is 11.3 Å². The molecule has 0 saturated heterocycles. The van der Waals surface area contributed by atoms with Crippen LogP contribution in [0.3, 0.4) is 0 Å². The van der Waals surface area contributed by atoms with E-state index >= 15 is 0 Å². The average molecular weight is 500 g/mol. The summed E-state index contributed by atoms with van der Waals surface area (Å²) in [6.07, 6.45) is 4.55. The van der Waals surface area contributed by atoms with Gasteiger partial charge in [-0.1, -0.05) is 72.3 Å². The molecule has 1 aliphatic heterocycles. The smallest absolute Gasteiger partial charge is 0.363 e. The molecule has 1 aliphatic rings. The molecule has 0 radical (unpaired) electrons. The fourth-order valence-electron chi connectivity index (χ4n) is 3.53. The highest BCUT2D eigenvalue weighted by Crippen LogP contribution is 2.38. The molecule has 5 nitrogen and oxygen atoms in total. The van der Waals surface area contributed by atoms with Gasteiger partial charge in [-0.25, -0.2) is 14.6 Å². The number of aryl methyl sites for hydroxylation is 1. The predicted molar refractivity (Wildman–Crippen MR) is 140 cm³/mol. The molecule has 172 valence electrons. The van der Waals surface area contributed by atoms with E-state index in [2.05, 4.69) is 4.99 Å². The van der Waals surface area contributed by atoms with Crippen LogP contribution in [0.4, 0.5) is 0 Å². The number of para-hydroxylation sites is 1. The Hall–Kier alpha value is -4.00. The van der Waals surface area contributed by atoms with E-state index in [1.165, 1.54) is 23.5 Å². The number of aliphatic imine (C=N–C) groups is 1. The molecular formula is C28H18ClNO4S. The third-order valence-electron chi connectivity index (χ3n) is 5.23. The summed E-state index contributed by atoms with van der Waals surface area (Å²) in [4.78, 5) is 29.9. The Morgan fingerprint density at radius 2 is 1.83 bits per heavy atom. The van der Waals surface area contributed by atoms with Gasteiger partial charge in [0.05, 0.1) is 5.02 Å². The molecular weight excluding hydrogens is 482 g/mol. The SMILES string of the molecule is Cc1ccc2c(Cl)c(C3=N/C(=C/c4ccccc4OC(=O)/C=C/c4ccccc4)C(=O)O3)sc2c1. The first-order valence-corrected chi connectivity index (χ1v) is 11.9. The second kappa shape index (κ2) is 9.70. The van der Waals surface area contributed by atoms with E-state index in [4.69, 9.17) is 21.1 Å². The van der Waals surface area contributed by atoms with Crippen LogP contribution >= 0.6 is 22.9 Å². The van der Waals surface area contributed by atoms with Crippen LogP contribution in [0.5, 0.6) is 5.75 Å². The standard InChI is InChI=1S/C28H18ClNO4S/c1-17-11-13-20-23(15-17)35-26(25(20)29)27-30-21(28(32)34-27)16-19-9-5-6-10-22(19)33-24(31)14-12-18-7-3-2-4-8-18/h2-16H,1H3/b14-12+,21-16+. The summed E-state index contributed by atoms with van der Waals surface area (Å²) in [7, 11) is 0. The highest BCUT2D eigenvalue weighted by Gasteiger charge is 2.28. The highest BCUT2D eigenvalue weighted by molar-refractivity contribution is 7.21. The van der Waals surface area contributed by atoms with Gasteiger partial charge in [0.2, 0.25) is 5.90 Å². The summed E-state index contributed by atoms with van der Waals surface area (Å²) in [5, 5.41) is 1.38. The van der Waals surface area contributed by atoms with E-state index in [-0.39, 0.29) is 11.6 Å².